The van der Waals surface area contributed by atoms with E-state index >= 15 is 0 Å². The van der Waals surface area contributed by atoms with Gasteiger partial charge in [-0.15, -0.1) is 0 Å². The van der Waals surface area contributed by atoms with Gasteiger partial charge in [0, 0.05) is 31.4 Å². The largest absolute Gasteiger partial charge is 0.378 e. The highest BCUT2D eigenvalue weighted by molar-refractivity contribution is 5.47. The summed E-state index contributed by atoms with van der Waals surface area (Å²) >= 11 is 0. The highest BCUT2D eigenvalue weighted by Crippen LogP contribution is 2.46. The fourth-order valence-corrected chi connectivity index (χ4v) is 3.60. The van der Waals surface area contributed by atoms with Crippen molar-refractivity contribution in [2.24, 2.45) is 5.92 Å². The minimum Gasteiger partial charge on any atom is -0.378 e. The van der Waals surface area contributed by atoms with Crippen LogP contribution in [0.25, 0.3) is 0 Å². The minimum atomic E-state index is 0.742. The average Bonchev–Trinajstić information content (AvgIpc) is 3.43. The molecule has 1 aromatic carbocycles. The quantitative estimate of drug-likeness (QED) is 0.887. The Kier molecular flexibility index (Phi) is 4.76. The number of nitrogens with one attached hydrogen (secondary N) is 1. The van der Waals surface area contributed by atoms with E-state index in [1.165, 1.54) is 17.5 Å². The lowest BCUT2D eigenvalue weighted by Gasteiger charge is -2.29. The average molecular weight is 323 g/mol. The molecule has 4 rings (SSSR count). The van der Waals surface area contributed by atoms with Crippen LogP contribution >= 0.6 is 0 Å². The summed E-state index contributed by atoms with van der Waals surface area (Å²) in [5.74, 6) is 2.63. The lowest BCUT2D eigenvalue weighted by Crippen LogP contribution is -2.37. The number of hydrogen-bond acceptors (Lipinski definition) is 4. The molecule has 4 heteroatoms. The van der Waals surface area contributed by atoms with Crippen LogP contribution in [0.1, 0.15) is 23.5 Å². The first-order valence-corrected chi connectivity index (χ1v) is 8.94. The Hall–Kier alpha value is -1.91. The van der Waals surface area contributed by atoms with Gasteiger partial charge < -0.3 is 15.0 Å². The Morgan fingerprint density at radius 1 is 1.08 bits per heavy atom. The third-order valence-electron chi connectivity index (χ3n) is 5.05. The summed E-state index contributed by atoms with van der Waals surface area (Å²) in [5.41, 5.74) is 2.77. The summed E-state index contributed by atoms with van der Waals surface area (Å²) in [5, 5.41) is 3.64. The van der Waals surface area contributed by atoms with Crippen molar-refractivity contribution < 1.29 is 4.74 Å². The predicted octanol–water partition coefficient (Wildman–Crippen LogP) is 2.81. The van der Waals surface area contributed by atoms with Gasteiger partial charge in [-0.25, -0.2) is 4.98 Å². The Morgan fingerprint density at radius 2 is 1.92 bits per heavy atom. The van der Waals surface area contributed by atoms with Crippen molar-refractivity contribution >= 4 is 5.82 Å². The molecule has 126 valence electrons. The van der Waals surface area contributed by atoms with Gasteiger partial charge in [0.15, 0.2) is 0 Å². The summed E-state index contributed by atoms with van der Waals surface area (Å²) < 4.78 is 5.45. The predicted molar refractivity (Wildman–Crippen MR) is 96.3 cm³/mol. The van der Waals surface area contributed by atoms with E-state index in [1.807, 2.05) is 12.3 Å². The summed E-state index contributed by atoms with van der Waals surface area (Å²) in [4.78, 5) is 6.95. The van der Waals surface area contributed by atoms with Crippen molar-refractivity contribution in [1.29, 1.82) is 0 Å². The molecule has 1 saturated heterocycles. The molecule has 1 N–H and O–H groups in total. The topological polar surface area (TPSA) is 37.4 Å². The normalized spacial score (nSPS) is 23.2. The number of rotatable bonds is 6. The van der Waals surface area contributed by atoms with E-state index in [2.05, 4.69) is 51.6 Å². The smallest absolute Gasteiger partial charge is 0.133 e. The lowest BCUT2D eigenvalue weighted by atomic mass is 10.1. The first kappa shape index (κ1) is 15.6. The van der Waals surface area contributed by atoms with Gasteiger partial charge >= 0.3 is 0 Å². The third-order valence-corrected chi connectivity index (χ3v) is 5.05. The molecule has 2 heterocycles. The van der Waals surface area contributed by atoms with Gasteiger partial charge in [-0.3, -0.25) is 0 Å². The SMILES string of the molecule is c1ccc([C@H]2C[C@@H]2CNCc2cccnc2N2CCOCC2)cc1. The zero-order chi connectivity index (χ0) is 16.2. The Morgan fingerprint density at radius 3 is 2.75 bits per heavy atom. The Labute approximate surface area is 143 Å². The van der Waals surface area contributed by atoms with Crippen LogP contribution in [0.5, 0.6) is 0 Å². The number of pyridine rings is 1. The van der Waals surface area contributed by atoms with Crippen molar-refractivity contribution in [1.82, 2.24) is 10.3 Å². The molecule has 2 fully saturated rings. The zero-order valence-corrected chi connectivity index (χ0v) is 14.0. The molecule has 4 nitrogen and oxygen atoms in total. The van der Waals surface area contributed by atoms with Crippen LogP contribution in [0.15, 0.2) is 48.7 Å². The molecule has 2 atom stereocenters. The molecule has 1 aliphatic heterocycles. The molecule has 0 amide bonds. The van der Waals surface area contributed by atoms with Crippen molar-refractivity contribution in [3.8, 4) is 0 Å². The van der Waals surface area contributed by atoms with Gasteiger partial charge in [0.1, 0.15) is 5.82 Å². The number of nitrogens with zero attached hydrogens (tertiary/aromatic N) is 2. The minimum absolute atomic E-state index is 0.742. The van der Waals surface area contributed by atoms with Crippen LogP contribution in [0.2, 0.25) is 0 Å². The molecular formula is C20H25N3O. The summed E-state index contributed by atoms with van der Waals surface area (Å²) in [6, 6.07) is 15.1. The molecule has 1 saturated carbocycles. The van der Waals surface area contributed by atoms with Crippen LogP contribution in [-0.4, -0.2) is 37.8 Å². The van der Waals surface area contributed by atoms with Crippen molar-refractivity contribution in [2.45, 2.75) is 18.9 Å². The van der Waals surface area contributed by atoms with Crippen LogP contribution in [-0.2, 0) is 11.3 Å². The van der Waals surface area contributed by atoms with Gasteiger partial charge in [0.05, 0.1) is 13.2 Å². The molecule has 2 aromatic rings. The first-order chi connectivity index (χ1) is 11.9. The maximum Gasteiger partial charge on any atom is 0.133 e. The van der Waals surface area contributed by atoms with Gasteiger partial charge in [-0.05, 0) is 36.4 Å². The molecule has 0 bridgehead atoms. The molecule has 24 heavy (non-hydrogen) atoms. The van der Waals surface area contributed by atoms with E-state index in [-0.39, 0.29) is 0 Å². The van der Waals surface area contributed by atoms with Gasteiger partial charge in [-0.2, -0.15) is 0 Å². The molecule has 2 aliphatic rings. The summed E-state index contributed by atoms with van der Waals surface area (Å²) in [7, 11) is 0. The van der Waals surface area contributed by atoms with Gasteiger partial charge in [-0.1, -0.05) is 36.4 Å². The maximum absolute atomic E-state index is 5.45. The number of hydrogen-bond donors (Lipinski definition) is 1. The second-order valence-corrected chi connectivity index (χ2v) is 6.73. The fourth-order valence-electron chi connectivity index (χ4n) is 3.60. The number of morpholine rings is 1. The van der Waals surface area contributed by atoms with Crippen molar-refractivity contribution in [2.75, 3.05) is 37.7 Å². The van der Waals surface area contributed by atoms with E-state index < -0.39 is 0 Å². The van der Waals surface area contributed by atoms with E-state index in [1.54, 1.807) is 0 Å². The number of benzene rings is 1. The highest BCUT2D eigenvalue weighted by Gasteiger charge is 2.37. The number of ether oxygens (including phenoxy) is 1. The fraction of sp³-hybridized carbons (Fsp3) is 0.450. The molecule has 0 radical (unpaired) electrons. The van der Waals surface area contributed by atoms with Gasteiger partial charge in [0.25, 0.3) is 0 Å². The first-order valence-electron chi connectivity index (χ1n) is 8.94. The van der Waals surface area contributed by atoms with Crippen molar-refractivity contribution in [3.05, 3.63) is 59.8 Å². The molecule has 1 aliphatic carbocycles. The zero-order valence-electron chi connectivity index (χ0n) is 14.0. The second kappa shape index (κ2) is 7.32. The second-order valence-electron chi connectivity index (χ2n) is 6.73. The number of anilines is 1. The molecular weight excluding hydrogens is 298 g/mol. The molecule has 1 aromatic heterocycles. The van der Waals surface area contributed by atoms with E-state index in [0.29, 0.717) is 0 Å². The monoisotopic (exact) mass is 323 g/mol. The van der Waals surface area contributed by atoms with E-state index in [4.69, 9.17) is 4.74 Å². The van der Waals surface area contributed by atoms with E-state index in [9.17, 15) is 0 Å². The highest BCUT2D eigenvalue weighted by atomic mass is 16.5. The lowest BCUT2D eigenvalue weighted by molar-refractivity contribution is 0.122. The third kappa shape index (κ3) is 3.60. The summed E-state index contributed by atoms with van der Waals surface area (Å²) in [6.45, 7) is 5.43. The Bertz CT molecular complexity index is 655. The van der Waals surface area contributed by atoms with Crippen LogP contribution < -0.4 is 10.2 Å². The van der Waals surface area contributed by atoms with Crippen molar-refractivity contribution in [3.63, 3.8) is 0 Å². The van der Waals surface area contributed by atoms with Gasteiger partial charge in [0.2, 0.25) is 0 Å². The van der Waals surface area contributed by atoms with Crippen LogP contribution in [0.4, 0.5) is 5.82 Å². The molecule has 0 unspecified atom stereocenters. The van der Waals surface area contributed by atoms with Crippen LogP contribution in [0.3, 0.4) is 0 Å². The standard InChI is InChI=1S/C20H25N3O/c1-2-5-16(6-3-1)19-13-18(19)15-21-14-17-7-4-8-22-20(17)23-9-11-24-12-10-23/h1-8,18-19,21H,9-15H2/t18-,19-/m1/s1. The Balaban J connectivity index is 1.31. The molecule has 0 spiro atoms. The maximum atomic E-state index is 5.45. The van der Waals surface area contributed by atoms with Crippen LogP contribution in [0, 0.1) is 5.92 Å². The van der Waals surface area contributed by atoms with E-state index in [0.717, 1.165) is 57.0 Å². The summed E-state index contributed by atoms with van der Waals surface area (Å²) in [6.07, 6.45) is 3.20. The number of aromatic nitrogens is 1.